The average Bonchev–Trinajstić information content (AvgIpc) is 2.90. The van der Waals surface area contributed by atoms with Crippen molar-refractivity contribution in [1.82, 2.24) is 4.98 Å². The van der Waals surface area contributed by atoms with Gasteiger partial charge in [0.15, 0.2) is 0 Å². The molecule has 1 atom stereocenters. The summed E-state index contributed by atoms with van der Waals surface area (Å²) in [5.74, 6) is 1.72. The van der Waals surface area contributed by atoms with Gasteiger partial charge in [-0.2, -0.15) is 0 Å². The third-order valence-electron chi connectivity index (χ3n) is 3.49. The number of hydrogen-bond acceptors (Lipinski definition) is 2. The van der Waals surface area contributed by atoms with E-state index in [0.29, 0.717) is 5.92 Å². The zero-order valence-corrected chi connectivity index (χ0v) is 11.7. The fourth-order valence-electron chi connectivity index (χ4n) is 2.52. The Labute approximate surface area is 116 Å². The van der Waals surface area contributed by atoms with Crippen LogP contribution < -0.4 is 4.90 Å². The minimum Gasteiger partial charge on any atom is -0.356 e. The van der Waals surface area contributed by atoms with Crippen LogP contribution in [0.15, 0.2) is 53.1 Å². The van der Waals surface area contributed by atoms with Gasteiger partial charge < -0.3 is 4.90 Å². The van der Waals surface area contributed by atoms with Crippen molar-refractivity contribution in [1.29, 1.82) is 0 Å². The van der Waals surface area contributed by atoms with Gasteiger partial charge in [0.1, 0.15) is 5.82 Å². The predicted molar refractivity (Wildman–Crippen MR) is 78.0 cm³/mol. The van der Waals surface area contributed by atoms with E-state index in [1.807, 2.05) is 6.20 Å². The van der Waals surface area contributed by atoms with Crippen molar-refractivity contribution >= 4 is 21.7 Å². The molecule has 0 radical (unpaired) electrons. The molecule has 2 aromatic rings. The highest BCUT2D eigenvalue weighted by Gasteiger charge is 2.24. The molecule has 3 heteroatoms. The van der Waals surface area contributed by atoms with Crippen LogP contribution in [0.4, 0.5) is 5.82 Å². The molecular formula is C15H15BrN2. The van der Waals surface area contributed by atoms with Crippen LogP contribution in [0.1, 0.15) is 17.9 Å². The summed E-state index contributed by atoms with van der Waals surface area (Å²) in [5, 5.41) is 0. The van der Waals surface area contributed by atoms with Crippen molar-refractivity contribution < 1.29 is 0 Å². The quantitative estimate of drug-likeness (QED) is 0.838. The number of halogens is 1. The van der Waals surface area contributed by atoms with E-state index < -0.39 is 0 Å². The minimum atomic E-state index is 0.636. The molecule has 2 heterocycles. The van der Waals surface area contributed by atoms with Crippen molar-refractivity contribution in [2.75, 3.05) is 18.0 Å². The largest absolute Gasteiger partial charge is 0.356 e. The number of anilines is 1. The number of nitrogens with zero attached hydrogens (tertiary/aromatic N) is 2. The van der Waals surface area contributed by atoms with Crippen molar-refractivity contribution in [3.8, 4) is 0 Å². The van der Waals surface area contributed by atoms with E-state index in [9.17, 15) is 0 Å². The average molecular weight is 303 g/mol. The summed E-state index contributed by atoms with van der Waals surface area (Å²) < 4.78 is 1.03. The molecule has 1 fully saturated rings. The topological polar surface area (TPSA) is 16.1 Å². The molecule has 0 bridgehead atoms. The van der Waals surface area contributed by atoms with Gasteiger partial charge in [-0.25, -0.2) is 4.98 Å². The Kier molecular flexibility index (Phi) is 3.33. The maximum atomic E-state index is 4.47. The molecule has 0 aliphatic carbocycles. The maximum Gasteiger partial charge on any atom is 0.128 e. The Morgan fingerprint density at radius 1 is 1.11 bits per heavy atom. The van der Waals surface area contributed by atoms with Gasteiger partial charge in [0.25, 0.3) is 0 Å². The highest BCUT2D eigenvalue weighted by atomic mass is 79.9. The monoisotopic (exact) mass is 302 g/mol. The van der Waals surface area contributed by atoms with Crippen molar-refractivity contribution in [2.45, 2.75) is 12.3 Å². The summed E-state index contributed by atoms with van der Waals surface area (Å²) >= 11 is 3.42. The predicted octanol–water partition coefficient (Wildman–Crippen LogP) is 3.84. The Morgan fingerprint density at radius 2 is 1.94 bits per heavy atom. The van der Waals surface area contributed by atoms with Gasteiger partial charge in [-0.3, -0.25) is 0 Å². The van der Waals surface area contributed by atoms with E-state index in [4.69, 9.17) is 0 Å². The SMILES string of the molecule is Brc1ccc(N2CCC(c3ccccc3)C2)nc1. The maximum absolute atomic E-state index is 4.47. The Bertz CT molecular complexity index is 510. The molecule has 1 aromatic heterocycles. The molecule has 1 aliphatic rings. The van der Waals surface area contributed by atoms with E-state index >= 15 is 0 Å². The number of benzene rings is 1. The molecule has 2 nitrogen and oxygen atoms in total. The van der Waals surface area contributed by atoms with Gasteiger partial charge in [-0.05, 0) is 40.0 Å². The molecule has 0 spiro atoms. The zero-order valence-electron chi connectivity index (χ0n) is 10.1. The van der Waals surface area contributed by atoms with Crippen molar-refractivity contribution in [3.05, 3.63) is 58.7 Å². The molecule has 3 rings (SSSR count). The summed E-state index contributed by atoms with van der Waals surface area (Å²) in [6, 6.07) is 14.9. The number of aromatic nitrogens is 1. The summed E-state index contributed by atoms with van der Waals surface area (Å²) in [6.07, 6.45) is 3.08. The molecule has 1 aromatic carbocycles. The van der Waals surface area contributed by atoms with Crippen LogP contribution in [0, 0.1) is 0 Å². The van der Waals surface area contributed by atoms with E-state index in [2.05, 4.69) is 68.3 Å². The fraction of sp³-hybridized carbons (Fsp3) is 0.267. The van der Waals surface area contributed by atoms with Crippen LogP contribution in [0.5, 0.6) is 0 Å². The molecule has 92 valence electrons. The first-order valence-electron chi connectivity index (χ1n) is 6.24. The summed E-state index contributed by atoms with van der Waals surface area (Å²) in [4.78, 5) is 6.83. The highest BCUT2D eigenvalue weighted by Crippen LogP contribution is 2.29. The highest BCUT2D eigenvalue weighted by molar-refractivity contribution is 9.10. The summed E-state index contributed by atoms with van der Waals surface area (Å²) in [5.41, 5.74) is 1.44. The molecule has 0 amide bonds. The number of hydrogen-bond donors (Lipinski definition) is 0. The first kappa shape index (κ1) is 11.7. The second-order valence-electron chi connectivity index (χ2n) is 4.68. The van der Waals surface area contributed by atoms with Gasteiger partial charge in [-0.15, -0.1) is 0 Å². The molecule has 1 saturated heterocycles. The lowest BCUT2D eigenvalue weighted by atomic mass is 9.99. The lowest BCUT2D eigenvalue weighted by Crippen LogP contribution is -2.20. The van der Waals surface area contributed by atoms with E-state index in [1.54, 1.807) is 0 Å². The second kappa shape index (κ2) is 5.11. The third kappa shape index (κ3) is 2.41. The van der Waals surface area contributed by atoms with Crippen molar-refractivity contribution in [2.24, 2.45) is 0 Å². The number of pyridine rings is 1. The van der Waals surface area contributed by atoms with Gasteiger partial charge in [-0.1, -0.05) is 30.3 Å². The van der Waals surface area contributed by atoms with Crippen LogP contribution in [-0.2, 0) is 0 Å². The van der Waals surface area contributed by atoms with Gasteiger partial charge in [0, 0.05) is 29.7 Å². The van der Waals surface area contributed by atoms with Crippen LogP contribution in [0.2, 0.25) is 0 Å². The molecule has 18 heavy (non-hydrogen) atoms. The van der Waals surface area contributed by atoms with Crippen LogP contribution in [-0.4, -0.2) is 18.1 Å². The third-order valence-corrected chi connectivity index (χ3v) is 3.96. The smallest absolute Gasteiger partial charge is 0.128 e. The lowest BCUT2D eigenvalue weighted by molar-refractivity contribution is 0.774. The zero-order chi connectivity index (χ0) is 12.4. The van der Waals surface area contributed by atoms with Gasteiger partial charge >= 0.3 is 0 Å². The first-order chi connectivity index (χ1) is 8.83. The van der Waals surface area contributed by atoms with E-state index in [0.717, 1.165) is 23.4 Å². The Hall–Kier alpha value is -1.35. The standard InChI is InChI=1S/C15H15BrN2/c16-14-6-7-15(17-10-14)18-9-8-13(11-18)12-4-2-1-3-5-12/h1-7,10,13H,8-9,11H2. The van der Waals surface area contributed by atoms with E-state index in [-0.39, 0.29) is 0 Å². The van der Waals surface area contributed by atoms with Crippen molar-refractivity contribution in [3.63, 3.8) is 0 Å². The minimum absolute atomic E-state index is 0.636. The summed E-state index contributed by atoms with van der Waals surface area (Å²) in [6.45, 7) is 2.16. The fourth-order valence-corrected chi connectivity index (χ4v) is 2.76. The molecule has 0 saturated carbocycles. The first-order valence-corrected chi connectivity index (χ1v) is 7.04. The molecule has 0 N–H and O–H groups in total. The second-order valence-corrected chi connectivity index (χ2v) is 5.59. The molecule has 1 unspecified atom stereocenters. The lowest BCUT2D eigenvalue weighted by Gasteiger charge is -2.17. The van der Waals surface area contributed by atoms with Crippen LogP contribution >= 0.6 is 15.9 Å². The van der Waals surface area contributed by atoms with Crippen LogP contribution in [0.25, 0.3) is 0 Å². The normalized spacial score (nSPS) is 19.2. The van der Waals surface area contributed by atoms with Gasteiger partial charge in [0.2, 0.25) is 0 Å². The molecular weight excluding hydrogens is 288 g/mol. The van der Waals surface area contributed by atoms with Crippen LogP contribution in [0.3, 0.4) is 0 Å². The molecule has 1 aliphatic heterocycles. The van der Waals surface area contributed by atoms with E-state index in [1.165, 1.54) is 12.0 Å². The Balaban J connectivity index is 1.74. The Morgan fingerprint density at radius 3 is 2.67 bits per heavy atom. The summed E-state index contributed by atoms with van der Waals surface area (Å²) in [7, 11) is 0. The van der Waals surface area contributed by atoms with Gasteiger partial charge in [0.05, 0.1) is 0 Å². The number of rotatable bonds is 2.